The van der Waals surface area contributed by atoms with Gasteiger partial charge >= 0.3 is 0 Å². The van der Waals surface area contributed by atoms with Gasteiger partial charge in [0, 0.05) is 12.6 Å². The molecule has 0 spiro atoms. The Morgan fingerprint density at radius 3 is 2.76 bits per heavy atom. The molecule has 2 nitrogen and oxygen atoms in total. The molecule has 0 amide bonds. The maximum Gasteiger partial charge on any atom is 0.167 e. The summed E-state index contributed by atoms with van der Waals surface area (Å²) in [5.74, 6) is -1.16. The minimum atomic E-state index is -0.662. The van der Waals surface area contributed by atoms with E-state index in [9.17, 15) is 8.78 Å². The lowest BCUT2D eigenvalue weighted by molar-refractivity contribution is 0.207. The Hall–Kier alpha value is -1.16. The van der Waals surface area contributed by atoms with E-state index in [1.165, 1.54) is 12.1 Å². The molecule has 0 aliphatic heterocycles. The van der Waals surface area contributed by atoms with E-state index in [4.69, 9.17) is 4.74 Å². The predicted molar refractivity (Wildman–Crippen MR) is 64.2 cm³/mol. The van der Waals surface area contributed by atoms with Gasteiger partial charge < -0.3 is 10.1 Å². The molecule has 1 rings (SSSR count). The standard InChI is InChI=1S/C13H19F2NO/c1-3-4-7-16-9-10(2)17-13-6-5-11(14)8-12(13)15/h5-6,8,10,16H,3-4,7,9H2,1-2H3. The van der Waals surface area contributed by atoms with Crippen LogP contribution in [0, 0.1) is 11.6 Å². The molecule has 17 heavy (non-hydrogen) atoms. The van der Waals surface area contributed by atoms with Crippen LogP contribution in [0.5, 0.6) is 5.75 Å². The van der Waals surface area contributed by atoms with Crippen molar-refractivity contribution >= 4 is 0 Å². The van der Waals surface area contributed by atoms with Crippen molar-refractivity contribution in [2.45, 2.75) is 32.8 Å². The van der Waals surface area contributed by atoms with Crippen molar-refractivity contribution in [2.75, 3.05) is 13.1 Å². The van der Waals surface area contributed by atoms with Gasteiger partial charge in [-0.1, -0.05) is 13.3 Å². The molecule has 0 heterocycles. The second-order valence-electron chi connectivity index (χ2n) is 4.06. The van der Waals surface area contributed by atoms with Crippen LogP contribution in [0.3, 0.4) is 0 Å². The maximum atomic E-state index is 13.3. The van der Waals surface area contributed by atoms with Gasteiger partial charge in [0.15, 0.2) is 11.6 Å². The molecular formula is C13H19F2NO. The van der Waals surface area contributed by atoms with Gasteiger partial charge in [-0.05, 0) is 32.0 Å². The number of halogens is 2. The first-order valence-electron chi connectivity index (χ1n) is 5.96. The highest BCUT2D eigenvalue weighted by Crippen LogP contribution is 2.18. The van der Waals surface area contributed by atoms with E-state index in [-0.39, 0.29) is 11.9 Å². The van der Waals surface area contributed by atoms with Crippen molar-refractivity contribution < 1.29 is 13.5 Å². The van der Waals surface area contributed by atoms with E-state index in [2.05, 4.69) is 12.2 Å². The van der Waals surface area contributed by atoms with Gasteiger partial charge in [0.25, 0.3) is 0 Å². The number of rotatable bonds is 7. The third kappa shape index (κ3) is 5.13. The van der Waals surface area contributed by atoms with Crippen LogP contribution in [-0.2, 0) is 0 Å². The molecule has 1 unspecified atom stereocenters. The Morgan fingerprint density at radius 1 is 1.35 bits per heavy atom. The van der Waals surface area contributed by atoms with Gasteiger partial charge in [-0.15, -0.1) is 0 Å². The fourth-order valence-corrected chi connectivity index (χ4v) is 1.44. The van der Waals surface area contributed by atoms with Gasteiger partial charge in [0.2, 0.25) is 0 Å². The molecular weight excluding hydrogens is 224 g/mol. The Kier molecular flexibility index (Phi) is 5.91. The molecule has 0 bridgehead atoms. The zero-order valence-corrected chi connectivity index (χ0v) is 10.3. The van der Waals surface area contributed by atoms with Crippen LogP contribution in [0.25, 0.3) is 0 Å². The fourth-order valence-electron chi connectivity index (χ4n) is 1.44. The average Bonchev–Trinajstić information content (AvgIpc) is 2.28. The van der Waals surface area contributed by atoms with Crippen LogP contribution in [0.4, 0.5) is 8.78 Å². The molecule has 0 aliphatic carbocycles. The number of hydrogen-bond acceptors (Lipinski definition) is 2. The zero-order valence-electron chi connectivity index (χ0n) is 10.3. The highest BCUT2D eigenvalue weighted by molar-refractivity contribution is 5.24. The fraction of sp³-hybridized carbons (Fsp3) is 0.538. The zero-order chi connectivity index (χ0) is 12.7. The van der Waals surface area contributed by atoms with Gasteiger partial charge in [-0.2, -0.15) is 0 Å². The van der Waals surface area contributed by atoms with E-state index >= 15 is 0 Å². The van der Waals surface area contributed by atoms with Gasteiger partial charge in [-0.25, -0.2) is 8.78 Å². The smallest absolute Gasteiger partial charge is 0.167 e. The van der Waals surface area contributed by atoms with Crippen molar-refractivity contribution in [1.82, 2.24) is 5.32 Å². The molecule has 1 atom stereocenters. The van der Waals surface area contributed by atoms with Crippen molar-refractivity contribution in [3.63, 3.8) is 0 Å². The molecule has 0 aromatic heterocycles. The summed E-state index contributed by atoms with van der Waals surface area (Å²) in [6, 6.07) is 3.33. The number of ether oxygens (including phenoxy) is 1. The van der Waals surface area contributed by atoms with Gasteiger partial charge in [0.1, 0.15) is 11.9 Å². The Morgan fingerprint density at radius 2 is 2.12 bits per heavy atom. The average molecular weight is 243 g/mol. The molecule has 1 N–H and O–H groups in total. The molecule has 0 fully saturated rings. The highest BCUT2D eigenvalue weighted by atomic mass is 19.1. The number of nitrogens with one attached hydrogen (secondary N) is 1. The maximum absolute atomic E-state index is 13.3. The Bertz CT molecular complexity index is 344. The number of unbranched alkanes of at least 4 members (excludes halogenated alkanes) is 1. The summed E-state index contributed by atoms with van der Waals surface area (Å²) in [5.41, 5.74) is 0. The molecule has 1 aromatic carbocycles. The molecule has 0 saturated carbocycles. The minimum Gasteiger partial charge on any atom is -0.486 e. The number of hydrogen-bond donors (Lipinski definition) is 1. The summed E-state index contributed by atoms with van der Waals surface area (Å²) in [5, 5.41) is 3.22. The van der Waals surface area contributed by atoms with E-state index in [1.807, 2.05) is 6.92 Å². The summed E-state index contributed by atoms with van der Waals surface area (Å²) in [6.45, 7) is 5.55. The van der Waals surface area contributed by atoms with Gasteiger partial charge in [0.05, 0.1) is 0 Å². The quantitative estimate of drug-likeness (QED) is 0.743. The summed E-state index contributed by atoms with van der Waals surface area (Å²) < 4.78 is 31.3. The third-order valence-corrected chi connectivity index (χ3v) is 2.36. The van der Waals surface area contributed by atoms with E-state index in [1.54, 1.807) is 0 Å². The lowest BCUT2D eigenvalue weighted by atomic mass is 10.3. The van der Waals surface area contributed by atoms with Crippen molar-refractivity contribution in [3.05, 3.63) is 29.8 Å². The Labute approximate surface area is 101 Å². The first kappa shape index (κ1) is 13.9. The van der Waals surface area contributed by atoms with Crippen molar-refractivity contribution in [3.8, 4) is 5.75 Å². The van der Waals surface area contributed by atoms with Crippen molar-refractivity contribution in [1.29, 1.82) is 0 Å². The normalized spacial score (nSPS) is 12.5. The topological polar surface area (TPSA) is 21.3 Å². The lowest BCUT2D eigenvalue weighted by Gasteiger charge is -2.15. The van der Waals surface area contributed by atoms with Crippen LogP contribution in [0.15, 0.2) is 18.2 Å². The third-order valence-electron chi connectivity index (χ3n) is 2.36. The summed E-state index contributed by atoms with van der Waals surface area (Å²) in [7, 11) is 0. The molecule has 0 saturated heterocycles. The van der Waals surface area contributed by atoms with Crippen LogP contribution in [0.1, 0.15) is 26.7 Å². The van der Waals surface area contributed by atoms with Gasteiger partial charge in [-0.3, -0.25) is 0 Å². The Balaban J connectivity index is 2.37. The molecule has 0 radical (unpaired) electrons. The number of benzene rings is 1. The van der Waals surface area contributed by atoms with Crippen molar-refractivity contribution in [2.24, 2.45) is 0 Å². The van der Waals surface area contributed by atoms with Crippen LogP contribution in [0.2, 0.25) is 0 Å². The van der Waals surface area contributed by atoms with Crippen LogP contribution >= 0.6 is 0 Å². The monoisotopic (exact) mass is 243 g/mol. The molecule has 96 valence electrons. The first-order valence-corrected chi connectivity index (χ1v) is 5.96. The predicted octanol–water partition coefficient (Wildman–Crippen LogP) is 3.12. The van der Waals surface area contributed by atoms with E-state index in [0.29, 0.717) is 6.54 Å². The highest BCUT2D eigenvalue weighted by Gasteiger charge is 2.08. The van der Waals surface area contributed by atoms with E-state index in [0.717, 1.165) is 25.5 Å². The summed E-state index contributed by atoms with van der Waals surface area (Å²) >= 11 is 0. The largest absolute Gasteiger partial charge is 0.486 e. The van der Waals surface area contributed by atoms with Crippen LogP contribution in [-0.4, -0.2) is 19.2 Å². The van der Waals surface area contributed by atoms with Crippen LogP contribution < -0.4 is 10.1 Å². The summed E-state index contributed by atoms with van der Waals surface area (Å²) in [6.07, 6.45) is 2.10. The minimum absolute atomic E-state index is 0.0937. The first-order chi connectivity index (χ1) is 8.13. The van der Waals surface area contributed by atoms with E-state index < -0.39 is 11.6 Å². The SMILES string of the molecule is CCCCNCC(C)Oc1ccc(F)cc1F. The second kappa shape index (κ2) is 7.22. The molecule has 1 aromatic rings. The summed E-state index contributed by atoms with van der Waals surface area (Å²) in [4.78, 5) is 0. The lowest BCUT2D eigenvalue weighted by Crippen LogP contribution is -2.29. The molecule has 0 aliphatic rings. The molecule has 4 heteroatoms. The second-order valence-corrected chi connectivity index (χ2v) is 4.06.